The molecule has 0 radical (unpaired) electrons. The molecule has 2 aromatic rings. The Labute approximate surface area is 144 Å². The molecule has 0 bridgehead atoms. The zero-order valence-corrected chi connectivity index (χ0v) is 14.2. The number of fused-ring (bicyclic) bond motifs is 1. The van der Waals surface area contributed by atoms with Crippen LogP contribution in [0.25, 0.3) is 0 Å². The minimum Gasteiger partial charge on any atom is -0.467 e. The number of para-hydroxylation sites is 1. The number of ether oxygens (including phenoxy) is 2. The van der Waals surface area contributed by atoms with Crippen molar-refractivity contribution in [3.05, 3.63) is 52.5 Å². The highest BCUT2D eigenvalue weighted by Gasteiger charge is 2.17. The van der Waals surface area contributed by atoms with Crippen LogP contribution < -0.4 is 10.1 Å². The number of thioether (sulfide) groups is 1. The van der Waals surface area contributed by atoms with Crippen LogP contribution in [-0.4, -0.2) is 12.7 Å². The first-order valence-corrected chi connectivity index (χ1v) is 8.51. The van der Waals surface area contributed by atoms with Gasteiger partial charge in [-0.2, -0.15) is 0 Å². The van der Waals surface area contributed by atoms with Crippen molar-refractivity contribution in [2.24, 2.45) is 0 Å². The third-order valence-electron chi connectivity index (χ3n) is 3.33. The molecule has 0 saturated carbocycles. The highest BCUT2D eigenvalue weighted by molar-refractivity contribution is 7.98. The lowest BCUT2D eigenvalue weighted by molar-refractivity contribution is -0.114. The van der Waals surface area contributed by atoms with E-state index in [1.54, 1.807) is 11.8 Å². The van der Waals surface area contributed by atoms with Gasteiger partial charge in [0.05, 0.1) is 12.3 Å². The fraction of sp³-hybridized carbons (Fsp3) is 0.235. The first kappa shape index (κ1) is 16.2. The van der Waals surface area contributed by atoms with Crippen LogP contribution in [0.5, 0.6) is 5.75 Å². The summed E-state index contributed by atoms with van der Waals surface area (Å²) in [4.78, 5) is 12.3. The fourth-order valence-electron chi connectivity index (χ4n) is 2.40. The molecule has 1 heterocycles. The first-order chi connectivity index (χ1) is 11.1. The molecule has 1 amide bonds. The summed E-state index contributed by atoms with van der Waals surface area (Å²) in [7, 11) is 0. The van der Waals surface area contributed by atoms with E-state index in [1.165, 1.54) is 6.92 Å². The van der Waals surface area contributed by atoms with Crippen LogP contribution in [0, 0.1) is 0 Å². The lowest BCUT2D eigenvalue weighted by Crippen LogP contribution is -2.13. The molecule has 1 aliphatic heterocycles. The molecule has 2 aromatic carbocycles. The predicted molar refractivity (Wildman–Crippen MR) is 92.0 cm³/mol. The Morgan fingerprint density at radius 3 is 3.00 bits per heavy atom. The highest BCUT2D eigenvalue weighted by atomic mass is 35.5. The van der Waals surface area contributed by atoms with Crippen molar-refractivity contribution in [2.75, 3.05) is 12.1 Å². The van der Waals surface area contributed by atoms with Crippen LogP contribution in [0.4, 0.5) is 5.69 Å². The predicted octanol–water partition coefficient (Wildman–Crippen LogP) is 4.46. The Balaban J connectivity index is 1.82. The Hall–Kier alpha value is -1.69. The molecule has 120 valence electrons. The van der Waals surface area contributed by atoms with Gasteiger partial charge in [-0.3, -0.25) is 4.79 Å². The summed E-state index contributed by atoms with van der Waals surface area (Å²) in [5.41, 5.74) is 2.80. The largest absolute Gasteiger partial charge is 0.467 e. The lowest BCUT2D eigenvalue weighted by Gasteiger charge is -2.21. The number of hydrogen-bond donors (Lipinski definition) is 1. The monoisotopic (exact) mass is 349 g/mol. The minimum absolute atomic E-state index is 0.0846. The molecule has 0 fully saturated rings. The summed E-state index contributed by atoms with van der Waals surface area (Å²) in [5, 5.41) is 3.52. The van der Waals surface area contributed by atoms with Gasteiger partial charge >= 0.3 is 0 Å². The summed E-state index contributed by atoms with van der Waals surface area (Å²) in [5.74, 6) is 1.46. The summed E-state index contributed by atoms with van der Waals surface area (Å²) in [6, 6.07) is 11.5. The zero-order chi connectivity index (χ0) is 16.2. The van der Waals surface area contributed by atoms with Gasteiger partial charge < -0.3 is 14.8 Å². The molecule has 6 heteroatoms. The molecule has 3 rings (SSSR count). The number of hydrogen-bond acceptors (Lipinski definition) is 4. The van der Waals surface area contributed by atoms with Gasteiger partial charge in [0, 0.05) is 33.7 Å². The highest BCUT2D eigenvalue weighted by Crippen LogP contribution is 2.37. The second-order valence-corrected chi connectivity index (χ2v) is 6.58. The lowest BCUT2D eigenvalue weighted by atomic mass is 10.1. The van der Waals surface area contributed by atoms with Crippen molar-refractivity contribution >= 4 is 35.0 Å². The average molecular weight is 350 g/mol. The Morgan fingerprint density at radius 1 is 1.35 bits per heavy atom. The van der Waals surface area contributed by atoms with Crippen molar-refractivity contribution in [1.29, 1.82) is 0 Å². The normalized spacial score (nSPS) is 13.1. The van der Waals surface area contributed by atoms with Gasteiger partial charge in [0.15, 0.2) is 6.79 Å². The molecule has 0 saturated heterocycles. The van der Waals surface area contributed by atoms with Crippen molar-refractivity contribution < 1.29 is 14.3 Å². The van der Waals surface area contributed by atoms with Crippen LogP contribution in [-0.2, 0) is 21.9 Å². The number of anilines is 1. The molecule has 23 heavy (non-hydrogen) atoms. The number of halogens is 1. The first-order valence-electron chi connectivity index (χ1n) is 7.15. The molecule has 0 aromatic heterocycles. The van der Waals surface area contributed by atoms with Gasteiger partial charge in [0.25, 0.3) is 0 Å². The average Bonchev–Trinajstić information content (AvgIpc) is 2.53. The topological polar surface area (TPSA) is 47.6 Å². The Bertz CT molecular complexity index is 736. The molecule has 0 atom stereocenters. The van der Waals surface area contributed by atoms with Gasteiger partial charge in [-0.1, -0.05) is 23.7 Å². The Kier molecular flexibility index (Phi) is 5.10. The van der Waals surface area contributed by atoms with E-state index in [4.69, 9.17) is 21.1 Å². The molecular formula is C17H16ClNO3S. The molecule has 0 aliphatic carbocycles. The summed E-state index contributed by atoms with van der Waals surface area (Å²) in [6.07, 6.45) is 0. The summed E-state index contributed by atoms with van der Waals surface area (Å²) >= 11 is 7.82. The van der Waals surface area contributed by atoms with Gasteiger partial charge in [-0.05, 0) is 24.3 Å². The van der Waals surface area contributed by atoms with E-state index in [9.17, 15) is 4.79 Å². The maximum Gasteiger partial charge on any atom is 0.221 e. The maximum absolute atomic E-state index is 11.3. The third-order valence-corrected chi connectivity index (χ3v) is 4.67. The standard InChI is InChI=1S/C17H16ClNO3S/c1-11(20)19-15-4-2-3-5-16(15)23-9-13-7-14(18)6-12-8-21-10-22-17(12)13/h2-7H,8-10H2,1H3,(H,19,20). The second kappa shape index (κ2) is 7.25. The van der Waals surface area contributed by atoms with Crippen LogP contribution in [0.15, 0.2) is 41.3 Å². The molecule has 1 N–H and O–H groups in total. The van der Waals surface area contributed by atoms with Crippen LogP contribution in [0.3, 0.4) is 0 Å². The van der Waals surface area contributed by atoms with Crippen LogP contribution in [0.1, 0.15) is 18.1 Å². The summed E-state index contributed by atoms with van der Waals surface area (Å²) in [6.45, 7) is 2.27. The number of carbonyl (C=O) groups excluding carboxylic acids is 1. The molecular weight excluding hydrogens is 334 g/mol. The van der Waals surface area contributed by atoms with E-state index in [0.29, 0.717) is 17.4 Å². The number of carbonyl (C=O) groups is 1. The number of benzene rings is 2. The van der Waals surface area contributed by atoms with Gasteiger partial charge in [-0.15, -0.1) is 11.8 Å². The molecule has 0 spiro atoms. The smallest absolute Gasteiger partial charge is 0.221 e. The number of amides is 1. The van der Waals surface area contributed by atoms with Crippen molar-refractivity contribution in [1.82, 2.24) is 0 Å². The van der Waals surface area contributed by atoms with E-state index < -0.39 is 0 Å². The van der Waals surface area contributed by atoms with E-state index in [1.807, 2.05) is 36.4 Å². The SMILES string of the molecule is CC(=O)Nc1ccccc1SCc1cc(Cl)cc2c1OCOC2. The maximum atomic E-state index is 11.3. The van der Waals surface area contributed by atoms with Crippen molar-refractivity contribution in [2.45, 2.75) is 24.2 Å². The van der Waals surface area contributed by atoms with E-state index in [-0.39, 0.29) is 12.7 Å². The van der Waals surface area contributed by atoms with E-state index in [0.717, 1.165) is 27.5 Å². The van der Waals surface area contributed by atoms with Crippen molar-refractivity contribution in [3.8, 4) is 5.75 Å². The quantitative estimate of drug-likeness (QED) is 0.828. The van der Waals surface area contributed by atoms with E-state index in [2.05, 4.69) is 5.32 Å². The van der Waals surface area contributed by atoms with Crippen LogP contribution in [0.2, 0.25) is 5.02 Å². The zero-order valence-electron chi connectivity index (χ0n) is 12.6. The van der Waals surface area contributed by atoms with E-state index >= 15 is 0 Å². The van der Waals surface area contributed by atoms with Gasteiger partial charge in [-0.25, -0.2) is 0 Å². The Morgan fingerprint density at radius 2 is 2.17 bits per heavy atom. The molecule has 1 aliphatic rings. The fourth-order valence-corrected chi connectivity index (χ4v) is 3.64. The third kappa shape index (κ3) is 3.99. The minimum atomic E-state index is -0.0846. The van der Waals surface area contributed by atoms with Gasteiger partial charge in [0.1, 0.15) is 5.75 Å². The van der Waals surface area contributed by atoms with Crippen molar-refractivity contribution in [3.63, 3.8) is 0 Å². The van der Waals surface area contributed by atoms with Crippen LogP contribution >= 0.6 is 23.4 Å². The number of rotatable bonds is 4. The number of nitrogens with one attached hydrogen (secondary N) is 1. The van der Waals surface area contributed by atoms with Gasteiger partial charge in [0.2, 0.25) is 5.91 Å². The summed E-state index contributed by atoms with van der Waals surface area (Å²) < 4.78 is 10.9. The molecule has 4 nitrogen and oxygen atoms in total. The molecule has 0 unspecified atom stereocenters. The second-order valence-electron chi connectivity index (χ2n) is 5.13.